The number of aliphatic hydroxyl groups excluding tert-OH is 2. The number of hydrogen-bond acceptors (Lipinski definition) is 6. The maximum absolute atomic E-state index is 12.3. The number of aliphatic hydroxyl groups is 2. The number of fused-ring (bicyclic) bond motifs is 2. The molecule has 2 saturated heterocycles. The first-order valence-corrected chi connectivity index (χ1v) is 8.09. The lowest BCUT2D eigenvalue weighted by molar-refractivity contribution is -0.181. The van der Waals surface area contributed by atoms with Crippen LogP contribution in [-0.2, 0) is 19.5 Å². The van der Waals surface area contributed by atoms with E-state index in [-0.39, 0.29) is 11.5 Å². The second-order valence-electron chi connectivity index (χ2n) is 5.32. The summed E-state index contributed by atoms with van der Waals surface area (Å²) >= 11 is 0. The minimum Gasteiger partial charge on any atom is -0.388 e. The molecule has 2 heterocycles. The summed E-state index contributed by atoms with van der Waals surface area (Å²) in [7, 11) is -3.84. The van der Waals surface area contributed by atoms with Crippen molar-refractivity contribution in [3.05, 3.63) is 29.8 Å². The standard InChI is InChI=1S/C13H17NO6S/c1-7-2-4-8(5-3-7)21(17,18)14-10-12(16)11(15)9-6-19-13(10)20-9/h2-5,9-16H,6H2,1H3. The Morgan fingerprint density at radius 2 is 1.86 bits per heavy atom. The lowest BCUT2D eigenvalue weighted by Gasteiger charge is -2.35. The summed E-state index contributed by atoms with van der Waals surface area (Å²) in [6.07, 6.45) is -3.98. The van der Waals surface area contributed by atoms with Crippen LogP contribution in [0.25, 0.3) is 0 Å². The van der Waals surface area contributed by atoms with Crippen molar-refractivity contribution in [1.82, 2.24) is 4.72 Å². The van der Waals surface area contributed by atoms with Crippen LogP contribution < -0.4 is 4.72 Å². The molecule has 2 bridgehead atoms. The molecule has 2 aliphatic rings. The van der Waals surface area contributed by atoms with Gasteiger partial charge in [0.1, 0.15) is 24.4 Å². The molecule has 0 aromatic heterocycles. The Morgan fingerprint density at radius 1 is 1.19 bits per heavy atom. The number of sulfonamides is 1. The highest BCUT2D eigenvalue weighted by Crippen LogP contribution is 2.29. The van der Waals surface area contributed by atoms with Crippen LogP contribution in [0.3, 0.4) is 0 Å². The van der Waals surface area contributed by atoms with Gasteiger partial charge in [0.15, 0.2) is 6.29 Å². The van der Waals surface area contributed by atoms with Gasteiger partial charge in [0, 0.05) is 0 Å². The molecule has 1 aromatic carbocycles. The maximum atomic E-state index is 12.3. The van der Waals surface area contributed by atoms with E-state index < -0.39 is 40.7 Å². The summed E-state index contributed by atoms with van der Waals surface area (Å²) in [6.45, 7) is 1.98. The van der Waals surface area contributed by atoms with Crippen LogP contribution >= 0.6 is 0 Å². The van der Waals surface area contributed by atoms with E-state index in [1.165, 1.54) is 12.1 Å². The van der Waals surface area contributed by atoms with Crippen molar-refractivity contribution >= 4 is 10.0 Å². The molecular weight excluding hydrogens is 298 g/mol. The number of hydrogen-bond donors (Lipinski definition) is 3. The second kappa shape index (κ2) is 5.31. The first-order chi connectivity index (χ1) is 9.88. The Bertz CT molecular complexity index is 616. The first kappa shape index (κ1) is 14.9. The van der Waals surface area contributed by atoms with Crippen molar-refractivity contribution in [1.29, 1.82) is 0 Å². The van der Waals surface area contributed by atoms with Crippen LogP contribution in [0.5, 0.6) is 0 Å². The second-order valence-corrected chi connectivity index (χ2v) is 7.03. The number of aryl methyl sites for hydroxylation is 1. The molecule has 21 heavy (non-hydrogen) atoms. The lowest BCUT2D eigenvalue weighted by Crippen LogP contribution is -2.60. The van der Waals surface area contributed by atoms with Gasteiger partial charge in [0.25, 0.3) is 0 Å². The van der Waals surface area contributed by atoms with E-state index >= 15 is 0 Å². The molecule has 3 N–H and O–H groups in total. The van der Waals surface area contributed by atoms with E-state index in [0.29, 0.717) is 0 Å². The number of rotatable bonds is 3. The van der Waals surface area contributed by atoms with Crippen molar-refractivity contribution in [3.63, 3.8) is 0 Å². The molecule has 2 aliphatic heterocycles. The summed E-state index contributed by atoms with van der Waals surface area (Å²) in [4.78, 5) is 0.0786. The van der Waals surface area contributed by atoms with Gasteiger partial charge in [0.2, 0.25) is 10.0 Å². The molecule has 8 heteroatoms. The molecular formula is C13H17NO6S. The fraction of sp³-hybridized carbons (Fsp3) is 0.538. The smallest absolute Gasteiger partial charge is 0.241 e. The van der Waals surface area contributed by atoms with E-state index in [1.807, 2.05) is 6.92 Å². The Hall–Kier alpha value is -1.03. The molecule has 5 unspecified atom stereocenters. The van der Waals surface area contributed by atoms with Crippen LogP contribution in [-0.4, -0.2) is 55.9 Å². The van der Waals surface area contributed by atoms with Crippen molar-refractivity contribution in [2.75, 3.05) is 6.61 Å². The summed E-state index contributed by atoms with van der Waals surface area (Å²) < 4.78 is 37.6. The maximum Gasteiger partial charge on any atom is 0.241 e. The average molecular weight is 315 g/mol. The Balaban J connectivity index is 1.83. The van der Waals surface area contributed by atoms with E-state index in [2.05, 4.69) is 4.72 Å². The van der Waals surface area contributed by atoms with Gasteiger partial charge < -0.3 is 19.7 Å². The zero-order valence-corrected chi connectivity index (χ0v) is 12.2. The van der Waals surface area contributed by atoms with Crippen molar-refractivity contribution in [2.45, 2.75) is 42.5 Å². The van der Waals surface area contributed by atoms with Gasteiger partial charge in [-0.25, -0.2) is 13.1 Å². The predicted octanol–water partition coefficient (Wildman–Crippen LogP) is -0.881. The minimum absolute atomic E-state index is 0.0786. The Morgan fingerprint density at radius 3 is 2.52 bits per heavy atom. The van der Waals surface area contributed by atoms with E-state index in [1.54, 1.807) is 12.1 Å². The zero-order valence-electron chi connectivity index (χ0n) is 11.3. The highest BCUT2D eigenvalue weighted by molar-refractivity contribution is 7.89. The normalized spacial score (nSPS) is 35.9. The molecule has 0 amide bonds. The summed E-state index contributed by atoms with van der Waals surface area (Å²) in [5, 5.41) is 19.9. The van der Waals surface area contributed by atoms with Gasteiger partial charge in [-0.05, 0) is 19.1 Å². The molecule has 7 nitrogen and oxygen atoms in total. The first-order valence-electron chi connectivity index (χ1n) is 6.61. The van der Waals surface area contributed by atoms with E-state index in [4.69, 9.17) is 9.47 Å². The summed E-state index contributed by atoms with van der Waals surface area (Å²) in [6, 6.07) is 5.26. The van der Waals surface area contributed by atoms with Crippen LogP contribution in [0.2, 0.25) is 0 Å². The van der Waals surface area contributed by atoms with Crippen molar-refractivity contribution in [2.24, 2.45) is 0 Å². The lowest BCUT2D eigenvalue weighted by atomic mass is 10.00. The van der Waals surface area contributed by atoms with Gasteiger partial charge in [-0.2, -0.15) is 0 Å². The molecule has 0 aliphatic carbocycles. The van der Waals surface area contributed by atoms with E-state index in [0.717, 1.165) is 5.56 Å². The molecule has 2 fully saturated rings. The Labute approximate surface area is 122 Å². The van der Waals surface area contributed by atoms with Gasteiger partial charge in [0.05, 0.1) is 11.5 Å². The SMILES string of the molecule is Cc1ccc(S(=O)(=O)NC2C3OCC(O3)C(O)C2O)cc1. The van der Waals surface area contributed by atoms with Gasteiger partial charge in [-0.1, -0.05) is 17.7 Å². The van der Waals surface area contributed by atoms with Crippen molar-refractivity contribution in [3.8, 4) is 0 Å². The van der Waals surface area contributed by atoms with Gasteiger partial charge >= 0.3 is 0 Å². The van der Waals surface area contributed by atoms with Crippen molar-refractivity contribution < 1.29 is 28.1 Å². The third kappa shape index (κ3) is 2.70. The average Bonchev–Trinajstić information content (AvgIpc) is 2.89. The van der Waals surface area contributed by atoms with Crippen LogP contribution in [0.4, 0.5) is 0 Å². The van der Waals surface area contributed by atoms with Gasteiger partial charge in [-0.15, -0.1) is 0 Å². The summed E-state index contributed by atoms with van der Waals surface area (Å²) in [5.74, 6) is 0. The van der Waals surface area contributed by atoms with Crippen LogP contribution in [0.15, 0.2) is 29.2 Å². The molecule has 0 saturated carbocycles. The molecule has 0 radical (unpaired) electrons. The number of benzene rings is 1. The Kier molecular flexibility index (Phi) is 3.76. The highest BCUT2D eigenvalue weighted by atomic mass is 32.2. The fourth-order valence-corrected chi connectivity index (χ4v) is 3.73. The molecule has 5 atom stereocenters. The molecule has 1 aromatic rings. The number of nitrogens with one attached hydrogen (secondary N) is 1. The highest BCUT2D eigenvalue weighted by Gasteiger charge is 2.50. The quantitative estimate of drug-likeness (QED) is 0.669. The molecule has 116 valence electrons. The van der Waals surface area contributed by atoms with Crippen LogP contribution in [0, 0.1) is 6.92 Å². The largest absolute Gasteiger partial charge is 0.388 e. The fourth-order valence-electron chi connectivity index (χ4n) is 2.49. The molecule has 3 rings (SSSR count). The predicted molar refractivity (Wildman–Crippen MR) is 71.9 cm³/mol. The van der Waals surface area contributed by atoms with Crippen LogP contribution in [0.1, 0.15) is 5.56 Å². The van der Waals surface area contributed by atoms with E-state index in [9.17, 15) is 18.6 Å². The third-order valence-corrected chi connectivity index (χ3v) is 5.22. The molecule has 0 spiro atoms. The number of ether oxygens (including phenoxy) is 2. The summed E-state index contributed by atoms with van der Waals surface area (Å²) in [5.41, 5.74) is 0.937. The third-order valence-electron chi connectivity index (χ3n) is 3.75. The minimum atomic E-state index is -3.84. The monoisotopic (exact) mass is 315 g/mol. The van der Waals surface area contributed by atoms with Gasteiger partial charge in [-0.3, -0.25) is 0 Å². The zero-order chi connectivity index (χ0) is 15.2. The topological polar surface area (TPSA) is 105 Å².